The molecule has 0 aliphatic carbocycles. The molecule has 0 bridgehead atoms. The number of rotatable bonds is 7. The first kappa shape index (κ1) is 18.2. The van der Waals surface area contributed by atoms with Gasteiger partial charge in [0.1, 0.15) is 5.69 Å². The minimum absolute atomic E-state index is 0.187. The molecule has 0 spiro atoms. The summed E-state index contributed by atoms with van der Waals surface area (Å²) in [6, 6.07) is 5.54. The highest BCUT2D eigenvalue weighted by Crippen LogP contribution is 2.07. The van der Waals surface area contributed by atoms with Gasteiger partial charge in [0.25, 0.3) is 5.91 Å². The van der Waals surface area contributed by atoms with Crippen molar-refractivity contribution in [3.8, 4) is 0 Å². The Hall–Kier alpha value is -2.58. The Labute approximate surface area is 153 Å². The Morgan fingerprint density at radius 3 is 2.92 bits per heavy atom. The molecular weight excluding hydrogens is 332 g/mol. The van der Waals surface area contributed by atoms with E-state index >= 15 is 0 Å². The van der Waals surface area contributed by atoms with Crippen LogP contribution in [-0.2, 0) is 11.3 Å². The number of morpholine rings is 1. The molecule has 2 N–H and O–H groups in total. The summed E-state index contributed by atoms with van der Waals surface area (Å²) >= 11 is 0. The van der Waals surface area contributed by atoms with E-state index < -0.39 is 0 Å². The van der Waals surface area contributed by atoms with Crippen molar-refractivity contribution in [2.45, 2.75) is 13.5 Å². The number of nitrogens with zero attached hydrogens (tertiary/aromatic N) is 4. The lowest BCUT2D eigenvalue weighted by atomic mass is 10.3. The molecule has 0 unspecified atom stereocenters. The van der Waals surface area contributed by atoms with Crippen molar-refractivity contribution in [2.24, 2.45) is 0 Å². The second-order valence-corrected chi connectivity index (χ2v) is 6.14. The minimum Gasteiger partial charge on any atom is -0.379 e. The number of aryl methyl sites for hydroxylation is 1. The maximum atomic E-state index is 12.4. The van der Waals surface area contributed by atoms with Crippen molar-refractivity contribution in [1.29, 1.82) is 0 Å². The van der Waals surface area contributed by atoms with Gasteiger partial charge >= 0.3 is 0 Å². The summed E-state index contributed by atoms with van der Waals surface area (Å²) in [6.45, 7) is 7.12. The van der Waals surface area contributed by atoms with Crippen LogP contribution in [0.3, 0.4) is 0 Å². The van der Waals surface area contributed by atoms with E-state index in [2.05, 4.69) is 30.5 Å². The first-order valence-corrected chi connectivity index (χ1v) is 8.77. The topological polar surface area (TPSA) is 92.3 Å². The van der Waals surface area contributed by atoms with Crippen LogP contribution in [0.25, 0.3) is 0 Å². The van der Waals surface area contributed by atoms with E-state index in [1.54, 1.807) is 18.5 Å². The molecule has 8 nitrogen and oxygen atoms in total. The Bertz CT molecular complexity index is 719. The number of aromatic nitrogens is 3. The first-order chi connectivity index (χ1) is 12.7. The third-order valence-electron chi connectivity index (χ3n) is 4.08. The lowest BCUT2D eigenvalue weighted by molar-refractivity contribution is 0.0383. The molecule has 138 valence electrons. The van der Waals surface area contributed by atoms with Gasteiger partial charge in [0, 0.05) is 50.8 Å². The fourth-order valence-electron chi connectivity index (χ4n) is 2.69. The molecule has 1 amide bonds. The predicted molar refractivity (Wildman–Crippen MR) is 97.9 cm³/mol. The molecule has 1 fully saturated rings. The fraction of sp³-hybridized carbons (Fsp3) is 0.444. The number of hydrogen-bond donors (Lipinski definition) is 2. The van der Waals surface area contributed by atoms with Gasteiger partial charge in [-0.1, -0.05) is 6.07 Å². The molecule has 0 atom stereocenters. The molecule has 8 heteroatoms. The van der Waals surface area contributed by atoms with Crippen LogP contribution in [0.4, 0.5) is 5.95 Å². The number of anilines is 1. The average Bonchev–Trinajstić information content (AvgIpc) is 2.67. The molecule has 1 aliphatic heterocycles. The van der Waals surface area contributed by atoms with Crippen LogP contribution in [0.2, 0.25) is 0 Å². The second-order valence-electron chi connectivity index (χ2n) is 6.14. The fourth-order valence-corrected chi connectivity index (χ4v) is 2.69. The Kier molecular flexibility index (Phi) is 6.45. The number of pyridine rings is 1. The zero-order valence-corrected chi connectivity index (χ0v) is 14.9. The van der Waals surface area contributed by atoms with Gasteiger partial charge in [-0.2, -0.15) is 0 Å². The van der Waals surface area contributed by atoms with Gasteiger partial charge in [0.2, 0.25) is 5.95 Å². The summed E-state index contributed by atoms with van der Waals surface area (Å²) in [5, 5.41) is 6.07. The monoisotopic (exact) mass is 356 g/mol. The van der Waals surface area contributed by atoms with Crippen molar-refractivity contribution >= 4 is 11.9 Å². The maximum Gasteiger partial charge on any atom is 0.270 e. The molecular formula is C18H24N6O2. The molecule has 3 rings (SSSR count). The zero-order valence-electron chi connectivity index (χ0n) is 14.9. The molecule has 3 heterocycles. The second kappa shape index (κ2) is 9.21. The smallest absolute Gasteiger partial charge is 0.270 e. The van der Waals surface area contributed by atoms with E-state index in [4.69, 9.17) is 4.74 Å². The van der Waals surface area contributed by atoms with Gasteiger partial charge < -0.3 is 15.4 Å². The summed E-state index contributed by atoms with van der Waals surface area (Å²) in [4.78, 5) is 27.4. The summed E-state index contributed by atoms with van der Waals surface area (Å²) in [6.07, 6.45) is 3.51. The van der Waals surface area contributed by atoms with Crippen LogP contribution in [0, 0.1) is 6.92 Å². The van der Waals surface area contributed by atoms with E-state index in [0.29, 0.717) is 24.7 Å². The van der Waals surface area contributed by atoms with Crippen LogP contribution >= 0.6 is 0 Å². The zero-order chi connectivity index (χ0) is 18.2. The van der Waals surface area contributed by atoms with Crippen molar-refractivity contribution < 1.29 is 9.53 Å². The lowest BCUT2D eigenvalue weighted by Gasteiger charge is -2.26. The van der Waals surface area contributed by atoms with Gasteiger partial charge in [-0.05, 0) is 24.6 Å². The summed E-state index contributed by atoms with van der Waals surface area (Å²) < 4.78 is 5.32. The van der Waals surface area contributed by atoms with E-state index in [-0.39, 0.29) is 5.91 Å². The molecule has 26 heavy (non-hydrogen) atoms. The lowest BCUT2D eigenvalue weighted by Crippen LogP contribution is -2.41. The van der Waals surface area contributed by atoms with Crippen LogP contribution in [0.15, 0.2) is 30.6 Å². The van der Waals surface area contributed by atoms with Crippen LogP contribution in [-0.4, -0.2) is 65.2 Å². The molecule has 0 saturated carbocycles. The standard InChI is InChI=1S/C18H24N6O2/c1-14-11-16(17(25)20-5-6-24-7-9-26-10-8-24)23-18(22-14)21-13-15-3-2-4-19-12-15/h2-4,11-12H,5-10,13H2,1H3,(H,20,25)(H,21,22,23). The molecule has 1 saturated heterocycles. The summed E-state index contributed by atoms with van der Waals surface area (Å²) in [7, 11) is 0. The van der Waals surface area contributed by atoms with Gasteiger partial charge in [0.15, 0.2) is 0 Å². The normalized spacial score (nSPS) is 14.8. The average molecular weight is 356 g/mol. The number of ether oxygens (including phenoxy) is 1. The highest BCUT2D eigenvalue weighted by molar-refractivity contribution is 5.92. The van der Waals surface area contributed by atoms with Crippen LogP contribution in [0.1, 0.15) is 21.7 Å². The third kappa shape index (κ3) is 5.47. The molecule has 2 aromatic rings. The number of carbonyl (C=O) groups is 1. The quantitative estimate of drug-likeness (QED) is 0.760. The third-order valence-corrected chi connectivity index (χ3v) is 4.08. The van der Waals surface area contributed by atoms with E-state index in [0.717, 1.165) is 44.1 Å². The van der Waals surface area contributed by atoms with Crippen molar-refractivity contribution in [3.05, 3.63) is 47.5 Å². The largest absolute Gasteiger partial charge is 0.379 e. The summed E-state index contributed by atoms with van der Waals surface area (Å²) in [5.41, 5.74) is 2.13. The van der Waals surface area contributed by atoms with Crippen LogP contribution < -0.4 is 10.6 Å². The van der Waals surface area contributed by atoms with Crippen LogP contribution in [0.5, 0.6) is 0 Å². The van der Waals surface area contributed by atoms with Gasteiger partial charge in [-0.3, -0.25) is 14.7 Å². The molecule has 0 radical (unpaired) electrons. The van der Waals surface area contributed by atoms with E-state index in [1.165, 1.54) is 0 Å². The number of hydrogen-bond acceptors (Lipinski definition) is 7. The molecule has 1 aliphatic rings. The molecule has 2 aromatic heterocycles. The minimum atomic E-state index is -0.187. The Morgan fingerprint density at radius 1 is 1.31 bits per heavy atom. The van der Waals surface area contributed by atoms with E-state index in [1.807, 2.05) is 19.1 Å². The van der Waals surface area contributed by atoms with Gasteiger partial charge in [-0.15, -0.1) is 0 Å². The number of nitrogens with one attached hydrogen (secondary N) is 2. The number of amides is 1. The van der Waals surface area contributed by atoms with E-state index in [9.17, 15) is 4.79 Å². The highest BCUT2D eigenvalue weighted by Gasteiger charge is 2.13. The maximum absolute atomic E-state index is 12.4. The highest BCUT2D eigenvalue weighted by atomic mass is 16.5. The van der Waals surface area contributed by atoms with Crippen molar-refractivity contribution in [1.82, 2.24) is 25.2 Å². The van der Waals surface area contributed by atoms with Gasteiger partial charge in [0.05, 0.1) is 13.2 Å². The van der Waals surface area contributed by atoms with Crippen molar-refractivity contribution in [2.75, 3.05) is 44.7 Å². The Balaban J connectivity index is 1.53. The Morgan fingerprint density at radius 2 is 2.15 bits per heavy atom. The summed E-state index contributed by atoms with van der Waals surface area (Å²) in [5.74, 6) is 0.250. The molecule has 0 aromatic carbocycles. The SMILES string of the molecule is Cc1cc(C(=O)NCCN2CCOCC2)nc(NCc2cccnc2)n1. The first-order valence-electron chi connectivity index (χ1n) is 8.77. The predicted octanol–water partition coefficient (Wildman–Crippen LogP) is 0.854. The van der Waals surface area contributed by atoms with Gasteiger partial charge in [-0.25, -0.2) is 9.97 Å². The van der Waals surface area contributed by atoms with Crippen molar-refractivity contribution in [3.63, 3.8) is 0 Å². The number of carbonyl (C=O) groups excluding carboxylic acids is 1.